The molecule has 0 saturated heterocycles. The van der Waals surface area contributed by atoms with Crippen LogP contribution in [-0.2, 0) is 6.54 Å². The number of aromatic nitrogens is 1. The lowest BCUT2D eigenvalue weighted by Crippen LogP contribution is -2.18. The predicted octanol–water partition coefficient (Wildman–Crippen LogP) is 4.48. The van der Waals surface area contributed by atoms with E-state index in [1.807, 2.05) is 44.3 Å². The van der Waals surface area contributed by atoms with Crippen LogP contribution in [0.1, 0.15) is 38.1 Å². The molecule has 0 spiro atoms. The minimum Gasteiger partial charge on any atom is -0.491 e. The second kappa shape index (κ2) is 7.57. The largest absolute Gasteiger partial charge is 0.491 e. The maximum atomic E-state index is 5.65. The van der Waals surface area contributed by atoms with Crippen molar-refractivity contribution >= 4 is 15.9 Å². The first-order valence-electron chi connectivity index (χ1n) is 7.15. The zero-order chi connectivity index (χ0) is 15.2. The van der Waals surface area contributed by atoms with Crippen molar-refractivity contribution in [3.05, 3.63) is 58.3 Å². The number of ether oxygens (including phenoxy) is 1. The molecular formula is C17H21BrN2O. The highest BCUT2D eigenvalue weighted by molar-refractivity contribution is 9.10. The molecule has 1 heterocycles. The fraction of sp³-hybridized carbons (Fsp3) is 0.353. The summed E-state index contributed by atoms with van der Waals surface area (Å²) in [6.07, 6.45) is 2.02. The van der Waals surface area contributed by atoms with Crippen LogP contribution in [-0.4, -0.2) is 11.1 Å². The molecule has 2 aromatic rings. The lowest BCUT2D eigenvalue weighted by Gasteiger charge is -2.15. The van der Waals surface area contributed by atoms with Gasteiger partial charge < -0.3 is 10.1 Å². The number of pyridine rings is 1. The van der Waals surface area contributed by atoms with Crippen LogP contribution < -0.4 is 10.1 Å². The van der Waals surface area contributed by atoms with Gasteiger partial charge in [0.2, 0.25) is 0 Å². The Kier molecular flexibility index (Phi) is 5.76. The van der Waals surface area contributed by atoms with Gasteiger partial charge in [0.25, 0.3) is 0 Å². The molecule has 0 fully saturated rings. The van der Waals surface area contributed by atoms with Crippen LogP contribution in [0.15, 0.2) is 47.1 Å². The Labute approximate surface area is 134 Å². The average Bonchev–Trinajstić information content (AvgIpc) is 2.46. The van der Waals surface area contributed by atoms with E-state index in [4.69, 9.17) is 4.74 Å². The molecule has 2 rings (SSSR count). The molecule has 1 aromatic heterocycles. The normalized spacial score (nSPS) is 12.4. The summed E-state index contributed by atoms with van der Waals surface area (Å²) < 4.78 is 6.65. The molecule has 1 atom stereocenters. The summed E-state index contributed by atoms with van der Waals surface area (Å²) >= 11 is 3.39. The summed E-state index contributed by atoms with van der Waals surface area (Å²) in [5, 5.41) is 3.48. The maximum Gasteiger partial charge on any atom is 0.119 e. The van der Waals surface area contributed by atoms with Crippen molar-refractivity contribution in [2.24, 2.45) is 0 Å². The predicted molar refractivity (Wildman–Crippen MR) is 89.4 cm³/mol. The van der Waals surface area contributed by atoms with E-state index in [2.05, 4.69) is 45.3 Å². The van der Waals surface area contributed by atoms with Crippen molar-refractivity contribution in [1.29, 1.82) is 0 Å². The monoisotopic (exact) mass is 348 g/mol. The van der Waals surface area contributed by atoms with E-state index >= 15 is 0 Å². The second-order valence-electron chi connectivity index (χ2n) is 5.31. The lowest BCUT2D eigenvalue weighted by atomic mass is 10.1. The topological polar surface area (TPSA) is 34.1 Å². The molecule has 0 aliphatic rings. The van der Waals surface area contributed by atoms with Crippen LogP contribution in [0.3, 0.4) is 0 Å². The van der Waals surface area contributed by atoms with Gasteiger partial charge in [0.1, 0.15) is 5.75 Å². The molecule has 0 saturated carbocycles. The Morgan fingerprint density at radius 3 is 2.38 bits per heavy atom. The molecule has 1 aromatic carbocycles. The first kappa shape index (κ1) is 16.0. The molecule has 0 aliphatic carbocycles. The molecule has 0 amide bonds. The standard InChI is InChI=1S/C17H21BrN2O/c1-12(2)21-17-8-4-14(5-9-17)13(3)19-11-16-7-6-15(18)10-20-16/h4-10,12-13,19H,11H2,1-3H3. The van der Waals surface area contributed by atoms with Gasteiger partial charge >= 0.3 is 0 Å². The summed E-state index contributed by atoms with van der Waals surface area (Å²) in [5.74, 6) is 0.913. The second-order valence-corrected chi connectivity index (χ2v) is 6.22. The molecule has 4 heteroatoms. The quantitative estimate of drug-likeness (QED) is 0.835. The van der Waals surface area contributed by atoms with Crippen LogP contribution >= 0.6 is 15.9 Å². The smallest absolute Gasteiger partial charge is 0.119 e. The molecule has 21 heavy (non-hydrogen) atoms. The minimum absolute atomic E-state index is 0.204. The number of nitrogens with one attached hydrogen (secondary N) is 1. The van der Waals surface area contributed by atoms with Crippen molar-refractivity contribution < 1.29 is 4.74 Å². The zero-order valence-corrected chi connectivity index (χ0v) is 14.2. The highest BCUT2D eigenvalue weighted by Gasteiger charge is 2.06. The Morgan fingerprint density at radius 1 is 1.10 bits per heavy atom. The Bertz CT molecular complexity index is 552. The van der Waals surface area contributed by atoms with E-state index in [0.29, 0.717) is 0 Å². The van der Waals surface area contributed by atoms with Crippen LogP contribution in [0.25, 0.3) is 0 Å². The summed E-state index contributed by atoms with van der Waals surface area (Å²) in [4.78, 5) is 4.36. The molecule has 0 radical (unpaired) electrons. The third-order valence-electron chi connectivity index (χ3n) is 3.13. The van der Waals surface area contributed by atoms with E-state index in [-0.39, 0.29) is 12.1 Å². The fourth-order valence-corrected chi connectivity index (χ4v) is 2.23. The SMILES string of the molecule is CC(C)Oc1ccc(C(C)NCc2ccc(Br)cn2)cc1. The van der Waals surface area contributed by atoms with Gasteiger partial charge in [-0.2, -0.15) is 0 Å². The number of rotatable bonds is 6. The first-order valence-corrected chi connectivity index (χ1v) is 7.94. The van der Waals surface area contributed by atoms with E-state index in [0.717, 1.165) is 22.5 Å². The molecule has 0 aliphatic heterocycles. The van der Waals surface area contributed by atoms with Gasteiger partial charge in [0, 0.05) is 23.3 Å². The lowest BCUT2D eigenvalue weighted by molar-refractivity contribution is 0.242. The summed E-state index contributed by atoms with van der Waals surface area (Å²) in [6, 6.07) is 12.5. The number of nitrogens with zero attached hydrogens (tertiary/aromatic N) is 1. The zero-order valence-electron chi connectivity index (χ0n) is 12.6. The van der Waals surface area contributed by atoms with Gasteiger partial charge in [0.05, 0.1) is 11.8 Å². The molecule has 0 bridgehead atoms. The van der Waals surface area contributed by atoms with E-state index in [9.17, 15) is 0 Å². The number of benzene rings is 1. The third kappa shape index (κ3) is 5.14. The van der Waals surface area contributed by atoms with Gasteiger partial charge in [-0.05, 0) is 66.5 Å². The number of hydrogen-bond acceptors (Lipinski definition) is 3. The molecule has 1 N–H and O–H groups in total. The van der Waals surface area contributed by atoms with Crippen molar-refractivity contribution in [2.45, 2.75) is 39.5 Å². The van der Waals surface area contributed by atoms with E-state index in [1.165, 1.54) is 5.56 Å². The minimum atomic E-state index is 0.204. The van der Waals surface area contributed by atoms with Crippen LogP contribution in [0, 0.1) is 0 Å². The van der Waals surface area contributed by atoms with E-state index < -0.39 is 0 Å². The Balaban J connectivity index is 1.90. The maximum absolute atomic E-state index is 5.65. The summed E-state index contributed by atoms with van der Waals surface area (Å²) in [6.45, 7) is 6.96. The number of hydrogen-bond donors (Lipinski definition) is 1. The fourth-order valence-electron chi connectivity index (χ4n) is 1.99. The van der Waals surface area contributed by atoms with Crippen molar-refractivity contribution in [3.63, 3.8) is 0 Å². The Hall–Kier alpha value is -1.39. The highest BCUT2D eigenvalue weighted by Crippen LogP contribution is 2.19. The van der Waals surface area contributed by atoms with Crippen molar-refractivity contribution in [3.8, 4) is 5.75 Å². The summed E-state index contributed by atoms with van der Waals surface area (Å²) in [5.41, 5.74) is 2.27. The van der Waals surface area contributed by atoms with Crippen LogP contribution in [0.5, 0.6) is 5.75 Å². The molecular weight excluding hydrogens is 328 g/mol. The first-order chi connectivity index (χ1) is 10.0. The van der Waals surface area contributed by atoms with Gasteiger partial charge in [-0.25, -0.2) is 0 Å². The van der Waals surface area contributed by atoms with Crippen molar-refractivity contribution in [1.82, 2.24) is 10.3 Å². The van der Waals surface area contributed by atoms with Crippen LogP contribution in [0.4, 0.5) is 0 Å². The molecule has 3 nitrogen and oxygen atoms in total. The van der Waals surface area contributed by atoms with Crippen LogP contribution in [0.2, 0.25) is 0 Å². The van der Waals surface area contributed by atoms with Gasteiger partial charge in [-0.15, -0.1) is 0 Å². The van der Waals surface area contributed by atoms with Crippen molar-refractivity contribution in [2.75, 3.05) is 0 Å². The third-order valence-corrected chi connectivity index (χ3v) is 3.60. The highest BCUT2D eigenvalue weighted by atomic mass is 79.9. The molecule has 112 valence electrons. The van der Waals surface area contributed by atoms with Gasteiger partial charge in [0.15, 0.2) is 0 Å². The Morgan fingerprint density at radius 2 is 1.81 bits per heavy atom. The van der Waals surface area contributed by atoms with Gasteiger partial charge in [-0.1, -0.05) is 12.1 Å². The number of halogens is 1. The average molecular weight is 349 g/mol. The van der Waals surface area contributed by atoms with Gasteiger partial charge in [-0.3, -0.25) is 4.98 Å². The van der Waals surface area contributed by atoms with E-state index in [1.54, 1.807) is 0 Å². The summed E-state index contributed by atoms with van der Waals surface area (Å²) in [7, 11) is 0. The molecule has 1 unspecified atom stereocenters.